The SMILES string of the molecule is C=C(C)CNCC(O)CC(C)C. The van der Waals surface area contributed by atoms with E-state index in [2.05, 4.69) is 25.7 Å². The third kappa shape index (κ3) is 7.76. The summed E-state index contributed by atoms with van der Waals surface area (Å²) >= 11 is 0. The largest absolute Gasteiger partial charge is 0.392 e. The van der Waals surface area contributed by atoms with Crippen molar-refractivity contribution in [3.05, 3.63) is 12.2 Å². The summed E-state index contributed by atoms with van der Waals surface area (Å²) in [5.41, 5.74) is 1.10. The van der Waals surface area contributed by atoms with Gasteiger partial charge >= 0.3 is 0 Å². The molecule has 0 heterocycles. The first-order valence-electron chi connectivity index (χ1n) is 4.55. The van der Waals surface area contributed by atoms with Crippen LogP contribution in [0.3, 0.4) is 0 Å². The second-order valence-corrected chi connectivity index (χ2v) is 3.87. The Morgan fingerprint density at radius 2 is 2.08 bits per heavy atom. The molecule has 2 heteroatoms. The van der Waals surface area contributed by atoms with Crippen LogP contribution in [-0.2, 0) is 0 Å². The van der Waals surface area contributed by atoms with Crippen LogP contribution in [0.1, 0.15) is 27.2 Å². The van der Waals surface area contributed by atoms with E-state index in [0.29, 0.717) is 12.5 Å². The summed E-state index contributed by atoms with van der Waals surface area (Å²) in [6, 6.07) is 0. The number of aliphatic hydroxyl groups is 1. The lowest BCUT2D eigenvalue weighted by molar-refractivity contribution is 0.147. The molecule has 2 N–H and O–H groups in total. The number of hydrogen-bond donors (Lipinski definition) is 2. The fourth-order valence-corrected chi connectivity index (χ4v) is 1.08. The third-order valence-corrected chi connectivity index (χ3v) is 1.55. The Kier molecular flexibility index (Phi) is 6.03. The maximum Gasteiger partial charge on any atom is 0.0667 e. The number of nitrogens with one attached hydrogen (secondary N) is 1. The van der Waals surface area contributed by atoms with E-state index in [1.807, 2.05) is 6.92 Å². The van der Waals surface area contributed by atoms with Crippen LogP contribution in [-0.4, -0.2) is 24.3 Å². The number of aliphatic hydroxyl groups excluding tert-OH is 1. The Balaban J connectivity index is 3.31. The molecule has 0 aliphatic carbocycles. The molecule has 0 aromatic carbocycles. The predicted octanol–water partition coefficient (Wildman–Crippen LogP) is 1.56. The highest BCUT2D eigenvalue weighted by Crippen LogP contribution is 2.03. The molecule has 0 saturated heterocycles. The molecule has 1 unspecified atom stereocenters. The van der Waals surface area contributed by atoms with Crippen molar-refractivity contribution < 1.29 is 5.11 Å². The fourth-order valence-electron chi connectivity index (χ4n) is 1.08. The number of rotatable bonds is 6. The van der Waals surface area contributed by atoms with E-state index in [4.69, 9.17) is 0 Å². The Labute approximate surface area is 75.7 Å². The van der Waals surface area contributed by atoms with Gasteiger partial charge in [-0.2, -0.15) is 0 Å². The van der Waals surface area contributed by atoms with Crippen molar-refractivity contribution >= 4 is 0 Å². The van der Waals surface area contributed by atoms with Crippen LogP contribution in [0.5, 0.6) is 0 Å². The van der Waals surface area contributed by atoms with Gasteiger partial charge in [0.05, 0.1) is 6.10 Å². The highest BCUT2D eigenvalue weighted by molar-refractivity contribution is 4.90. The van der Waals surface area contributed by atoms with Crippen molar-refractivity contribution in [3.8, 4) is 0 Å². The van der Waals surface area contributed by atoms with Gasteiger partial charge in [-0.1, -0.05) is 26.0 Å². The minimum Gasteiger partial charge on any atom is -0.392 e. The van der Waals surface area contributed by atoms with Crippen LogP contribution in [0.25, 0.3) is 0 Å². The van der Waals surface area contributed by atoms with Crippen LogP contribution < -0.4 is 5.32 Å². The fraction of sp³-hybridized carbons (Fsp3) is 0.800. The number of hydrogen-bond acceptors (Lipinski definition) is 2. The third-order valence-electron chi connectivity index (χ3n) is 1.55. The molecule has 0 saturated carbocycles. The van der Waals surface area contributed by atoms with E-state index >= 15 is 0 Å². The lowest BCUT2D eigenvalue weighted by Crippen LogP contribution is -2.28. The van der Waals surface area contributed by atoms with Crippen molar-refractivity contribution in [2.24, 2.45) is 5.92 Å². The van der Waals surface area contributed by atoms with Crippen molar-refractivity contribution in [1.82, 2.24) is 5.32 Å². The van der Waals surface area contributed by atoms with Gasteiger partial charge in [-0.15, -0.1) is 0 Å². The Morgan fingerprint density at radius 3 is 2.50 bits per heavy atom. The first-order chi connectivity index (χ1) is 5.52. The van der Waals surface area contributed by atoms with Gasteiger partial charge in [0.2, 0.25) is 0 Å². The molecule has 0 aliphatic rings. The lowest BCUT2D eigenvalue weighted by atomic mass is 10.1. The summed E-state index contributed by atoms with van der Waals surface area (Å²) in [6.45, 7) is 11.4. The Morgan fingerprint density at radius 1 is 1.50 bits per heavy atom. The predicted molar refractivity (Wildman–Crippen MR) is 53.1 cm³/mol. The molecule has 0 radical (unpaired) electrons. The van der Waals surface area contributed by atoms with E-state index in [-0.39, 0.29) is 6.10 Å². The molecule has 0 aromatic rings. The molecule has 0 bridgehead atoms. The molecule has 0 spiro atoms. The minimum atomic E-state index is -0.218. The molecule has 2 nitrogen and oxygen atoms in total. The smallest absolute Gasteiger partial charge is 0.0667 e. The molecule has 1 atom stereocenters. The average molecular weight is 171 g/mol. The van der Waals surface area contributed by atoms with Gasteiger partial charge < -0.3 is 10.4 Å². The van der Waals surface area contributed by atoms with Gasteiger partial charge in [0, 0.05) is 13.1 Å². The average Bonchev–Trinajstić information content (AvgIpc) is 1.84. The van der Waals surface area contributed by atoms with Gasteiger partial charge in [0.25, 0.3) is 0 Å². The van der Waals surface area contributed by atoms with E-state index < -0.39 is 0 Å². The summed E-state index contributed by atoms with van der Waals surface area (Å²) in [7, 11) is 0. The van der Waals surface area contributed by atoms with Crippen molar-refractivity contribution in [2.75, 3.05) is 13.1 Å². The highest BCUT2D eigenvalue weighted by Gasteiger charge is 2.05. The molecule has 0 aromatic heterocycles. The Bertz CT molecular complexity index is 132. The van der Waals surface area contributed by atoms with Crippen LogP contribution >= 0.6 is 0 Å². The molecule has 0 amide bonds. The second-order valence-electron chi connectivity index (χ2n) is 3.87. The van der Waals surface area contributed by atoms with E-state index in [1.165, 1.54) is 0 Å². The van der Waals surface area contributed by atoms with Crippen LogP contribution in [0.15, 0.2) is 12.2 Å². The topological polar surface area (TPSA) is 32.3 Å². The normalized spacial score (nSPS) is 13.4. The molecule has 12 heavy (non-hydrogen) atoms. The van der Waals surface area contributed by atoms with Crippen molar-refractivity contribution in [3.63, 3.8) is 0 Å². The van der Waals surface area contributed by atoms with E-state index in [0.717, 1.165) is 18.5 Å². The summed E-state index contributed by atoms with van der Waals surface area (Å²) in [4.78, 5) is 0. The molecule has 0 rings (SSSR count). The summed E-state index contributed by atoms with van der Waals surface area (Å²) in [5, 5.41) is 12.6. The van der Waals surface area contributed by atoms with Crippen molar-refractivity contribution in [2.45, 2.75) is 33.3 Å². The van der Waals surface area contributed by atoms with E-state index in [1.54, 1.807) is 0 Å². The minimum absolute atomic E-state index is 0.218. The monoisotopic (exact) mass is 171 g/mol. The molecular formula is C10H21NO. The Hall–Kier alpha value is -0.340. The zero-order valence-corrected chi connectivity index (χ0v) is 8.43. The first-order valence-corrected chi connectivity index (χ1v) is 4.55. The zero-order valence-electron chi connectivity index (χ0n) is 8.43. The van der Waals surface area contributed by atoms with Gasteiger partial charge in [-0.05, 0) is 19.3 Å². The molecular weight excluding hydrogens is 150 g/mol. The van der Waals surface area contributed by atoms with Crippen LogP contribution in [0, 0.1) is 5.92 Å². The molecule has 0 aliphatic heterocycles. The van der Waals surface area contributed by atoms with Crippen LogP contribution in [0.2, 0.25) is 0 Å². The second kappa shape index (κ2) is 6.21. The summed E-state index contributed by atoms with van der Waals surface area (Å²) in [5.74, 6) is 0.562. The zero-order chi connectivity index (χ0) is 9.56. The maximum absolute atomic E-state index is 9.44. The standard InChI is InChI=1S/C10H21NO/c1-8(2)5-10(12)7-11-6-9(3)4/h8,10-12H,3,5-7H2,1-2,4H3. The highest BCUT2D eigenvalue weighted by atomic mass is 16.3. The van der Waals surface area contributed by atoms with Crippen LogP contribution in [0.4, 0.5) is 0 Å². The molecule has 72 valence electrons. The van der Waals surface area contributed by atoms with Crippen molar-refractivity contribution in [1.29, 1.82) is 0 Å². The first kappa shape index (κ1) is 11.7. The van der Waals surface area contributed by atoms with Gasteiger partial charge in [0.15, 0.2) is 0 Å². The van der Waals surface area contributed by atoms with Gasteiger partial charge in [0.1, 0.15) is 0 Å². The lowest BCUT2D eigenvalue weighted by Gasteiger charge is -2.13. The summed E-state index contributed by atoms with van der Waals surface area (Å²) < 4.78 is 0. The summed E-state index contributed by atoms with van der Waals surface area (Å²) in [6.07, 6.45) is 0.646. The maximum atomic E-state index is 9.44. The molecule has 0 fully saturated rings. The van der Waals surface area contributed by atoms with Gasteiger partial charge in [-0.25, -0.2) is 0 Å². The van der Waals surface area contributed by atoms with E-state index in [9.17, 15) is 5.11 Å². The van der Waals surface area contributed by atoms with Gasteiger partial charge in [-0.3, -0.25) is 0 Å². The quantitative estimate of drug-likeness (QED) is 0.594.